The van der Waals surface area contributed by atoms with Gasteiger partial charge >= 0.3 is 5.69 Å². The Bertz CT molecular complexity index is 770. The number of hydrogen-bond donors (Lipinski definition) is 3. The second kappa shape index (κ2) is 6.11. The molecule has 0 radical (unpaired) electrons. The van der Waals surface area contributed by atoms with Crippen molar-refractivity contribution in [3.8, 4) is 0 Å². The van der Waals surface area contributed by atoms with E-state index < -0.39 is 46.9 Å². The highest BCUT2D eigenvalue weighted by Gasteiger charge is 2.55. The van der Waals surface area contributed by atoms with Gasteiger partial charge in [0.25, 0.3) is 5.56 Å². The lowest BCUT2D eigenvalue weighted by atomic mass is 9.86. The maximum atomic E-state index is 11.9. The molecule has 10 heteroatoms. The van der Waals surface area contributed by atoms with Crippen molar-refractivity contribution in [1.82, 2.24) is 9.55 Å². The minimum Gasteiger partial charge on any atom is -0.382 e. The topological polar surface area (TPSA) is 139 Å². The number of aliphatic hydroxyl groups excluding tert-OH is 1. The van der Waals surface area contributed by atoms with Crippen molar-refractivity contribution >= 4 is 27.5 Å². The summed E-state index contributed by atoms with van der Waals surface area (Å²) in [6.45, 7) is 2.18. The summed E-state index contributed by atoms with van der Waals surface area (Å²) in [5, 5.41) is 20.4. The van der Waals surface area contributed by atoms with Crippen LogP contribution < -0.4 is 11.2 Å². The van der Waals surface area contributed by atoms with Gasteiger partial charge in [-0.1, -0.05) is 0 Å². The molecule has 3 N–H and O–H groups in total. The van der Waals surface area contributed by atoms with E-state index in [1.165, 1.54) is 0 Å². The van der Waals surface area contributed by atoms with Gasteiger partial charge in [-0.15, -0.1) is 0 Å². The molecule has 4 atom stereocenters. The Morgan fingerprint density at radius 3 is 2.61 bits per heavy atom. The van der Waals surface area contributed by atoms with Crippen molar-refractivity contribution in [3.63, 3.8) is 0 Å². The van der Waals surface area contributed by atoms with Crippen LogP contribution in [0.5, 0.6) is 0 Å². The van der Waals surface area contributed by atoms with Crippen LogP contribution in [0.4, 0.5) is 0 Å². The predicted molar refractivity (Wildman–Crippen MR) is 79.9 cm³/mol. The molecule has 2 heterocycles. The SMILES string of the molecule is CC(=O)C(O)[C@H]1O[C@@H](n2cc(Br)c(=O)[nH]c2=O)C[C@@]1(O)C(C)=O. The quantitative estimate of drug-likeness (QED) is 0.590. The van der Waals surface area contributed by atoms with E-state index in [4.69, 9.17) is 4.74 Å². The molecule has 1 fully saturated rings. The lowest BCUT2D eigenvalue weighted by molar-refractivity contribution is -0.158. The summed E-state index contributed by atoms with van der Waals surface area (Å²) in [6, 6.07) is 0. The maximum absolute atomic E-state index is 11.9. The van der Waals surface area contributed by atoms with Gasteiger partial charge < -0.3 is 14.9 Å². The van der Waals surface area contributed by atoms with E-state index >= 15 is 0 Å². The highest BCUT2D eigenvalue weighted by atomic mass is 79.9. The van der Waals surface area contributed by atoms with Crippen molar-refractivity contribution in [1.29, 1.82) is 0 Å². The predicted octanol–water partition coefficient (Wildman–Crippen LogP) is -1.14. The van der Waals surface area contributed by atoms with Gasteiger partial charge in [-0.3, -0.25) is 23.9 Å². The number of Topliss-reactive ketones (excluding diaryl/α,β-unsaturated/α-hetero) is 2. The normalized spacial score (nSPS) is 28.6. The fourth-order valence-electron chi connectivity index (χ4n) is 2.44. The van der Waals surface area contributed by atoms with Gasteiger partial charge in [0.05, 0.1) is 4.47 Å². The molecule has 9 nitrogen and oxygen atoms in total. The van der Waals surface area contributed by atoms with Gasteiger partial charge in [0.2, 0.25) is 0 Å². The molecule has 0 amide bonds. The second-order valence-electron chi connectivity index (χ2n) is 5.39. The minimum atomic E-state index is -2.13. The molecule has 0 bridgehead atoms. The van der Waals surface area contributed by atoms with Gasteiger partial charge in [0.1, 0.15) is 18.4 Å². The summed E-state index contributed by atoms with van der Waals surface area (Å²) >= 11 is 2.96. The van der Waals surface area contributed by atoms with E-state index in [9.17, 15) is 29.4 Å². The zero-order chi connectivity index (χ0) is 17.5. The summed E-state index contributed by atoms with van der Waals surface area (Å²) in [5.41, 5.74) is -3.59. The molecule has 126 valence electrons. The maximum Gasteiger partial charge on any atom is 0.330 e. The molecular formula is C13H15BrN2O7. The van der Waals surface area contributed by atoms with E-state index in [0.717, 1.165) is 24.6 Å². The molecule has 1 aromatic heterocycles. The van der Waals surface area contributed by atoms with Crippen molar-refractivity contribution < 1.29 is 24.5 Å². The Kier molecular flexibility index (Phi) is 4.71. The number of ether oxygens (including phenoxy) is 1. The Morgan fingerprint density at radius 2 is 2.09 bits per heavy atom. The number of nitrogens with one attached hydrogen (secondary N) is 1. The van der Waals surface area contributed by atoms with Crippen LogP contribution in [0.3, 0.4) is 0 Å². The number of aliphatic hydroxyl groups is 2. The number of carbonyl (C=O) groups is 2. The molecule has 0 saturated carbocycles. The van der Waals surface area contributed by atoms with Gasteiger partial charge in [-0.25, -0.2) is 4.79 Å². The first-order valence-corrected chi connectivity index (χ1v) is 7.45. The Morgan fingerprint density at radius 1 is 1.48 bits per heavy atom. The average Bonchev–Trinajstić information content (AvgIpc) is 2.81. The number of aromatic amines is 1. The minimum absolute atomic E-state index is 0.0441. The fourth-order valence-corrected chi connectivity index (χ4v) is 2.76. The zero-order valence-corrected chi connectivity index (χ0v) is 13.9. The summed E-state index contributed by atoms with van der Waals surface area (Å²) in [5.74, 6) is -1.40. The molecular weight excluding hydrogens is 376 g/mol. The van der Waals surface area contributed by atoms with Crippen molar-refractivity contribution in [3.05, 3.63) is 31.5 Å². The molecule has 1 aliphatic heterocycles. The van der Waals surface area contributed by atoms with Gasteiger partial charge in [-0.2, -0.15) is 0 Å². The number of aromatic nitrogens is 2. The number of ketones is 2. The number of nitrogens with zero attached hydrogens (tertiary/aromatic N) is 1. The van der Waals surface area contributed by atoms with E-state index in [-0.39, 0.29) is 10.9 Å². The highest BCUT2D eigenvalue weighted by Crippen LogP contribution is 2.38. The van der Waals surface area contributed by atoms with Crippen LogP contribution in [-0.4, -0.2) is 49.1 Å². The molecule has 1 aliphatic rings. The first-order chi connectivity index (χ1) is 10.6. The Hall–Kier alpha value is -1.62. The standard InChI is InChI=1S/C13H15BrN2O7/c1-5(17)9(19)10-13(22,6(2)18)3-8(23-10)16-4-7(14)11(20)15-12(16)21/h4,8-10,19,22H,3H2,1-2H3,(H,15,20,21)/t8-,9?,10-,13-/m1/s1. The van der Waals surface area contributed by atoms with Crippen molar-refractivity contribution in [2.45, 2.75) is 44.3 Å². The van der Waals surface area contributed by atoms with Crippen LogP contribution in [0.25, 0.3) is 0 Å². The smallest absolute Gasteiger partial charge is 0.330 e. The first kappa shape index (κ1) is 17.7. The molecule has 0 spiro atoms. The summed E-state index contributed by atoms with van der Waals surface area (Å²) in [6.07, 6.45) is -3.58. The van der Waals surface area contributed by atoms with Crippen molar-refractivity contribution in [2.24, 2.45) is 0 Å². The molecule has 0 aliphatic carbocycles. The van der Waals surface area contributed by atoms with E-state index in [1.807, 2.05) is 4.98 Å². The van der Waals surface area contributed by atoms with E-state index in [0.29, 0.717) is 0 Å². The lowest BCUT2D eigenvalue weighted by Gasteiger charge is -2.27. The van der Waals surface area contributed by atoms with E-state index in [2.05, 4.69) is 15.9 Å². The monoisotopic (exact) mass is 390 g/mol. The third kappa shape index (κ3) is 3.07. The summed E-state index contributed by atoms with van der Waals surface area (Å²) < 4.78 is 6.41. The number of H-pyrrole nitrogens is 1. The summed E-state index contributed by atoms with van der Waals surface area (Å²) in [7, 11) is 0. The molecule has 2 rings (SSSR count). The number of halogens is 1. The van der Waals surface area contributed by atoms with Crippen LogP contribution in [0.15, 0.2) is 20.3 Å². The van der Waals surface area contributed by atoms with Crippen LogP contribution >= 0.6 is 15.9 Å². The molecule has 1 saturated heterocycles. The van der Waals surface area contributed by atoms with Gasteiger partial charge in [0.15, 0.2) is 17.2 Å². The third-order valence-electron chi connectivity index (χ3n) is 3.81. The van der Waals surface area contributed by atoms with Crippen LogP contribution in [-0.2, 0) is 14.3 Å². The third-order valence-corrected chi connectivity index (χ3v) is 4.37. The Labute approximate surface area is 138 Å². The lowest BCUT2D eigenvalue weighted by Crippen LogP contribution is -2.52. The van der Waals surface area contributed by atoms with Crippen LogP contribution in [0.2, 0.25) is 0 Å². The zero-order valence-electron chi connectivity index (χ0n) is 12.3. The summed E-state index contributed by atoms with van der Waals surface area (Å²) in [4.78, 5) is 48.4. The molecule has 1 aromatic rings. The highest BCUT2D eigenvalue weighted by molar-refractivity contribution is 9.10. The fraction of sp³-hybridized carbons (Fsp3) is 0.538. The second-order valence-corrected chi connectivity index (χ2v) is 6.25. The van der Waals surface area contributed by atoms with Gasteiger partial charge in [0, 0.05) is 12.6 Å². The Balaban J connectivity index is 2.47. The van der Waals surface area contributed by atoms with Crippen LogP contribution in [0.1, 0.15) is 26.5 Å². The molecule has 0 aromatic carbocycles. The molecule has 1 unspecified atom stereocenters. The van der Waals surface area contributed by atoms with Crippen LogP contribution in [0, 0.1) is 0 Å². The molecule has 23 heavy (non-hydrogen) atoms. The first-order valence-electron chi connectivity index (χ1n) is 6.66. The van der Waals surface area contributed by atoms with Gasteiger partial charge in [-0.05, 0) is 29.8 Å². The average molecular weight is 391 g/mol. The largest absolute Gasteiger partial charge is 0.382 e. The number of carbonyl (C=O) groups excluding carboxylic acids is 2. The number of rotatable bonds is 4. The van der Waals surface area contributed by atoms with E-state index in [1.54, 1.807) is 0 Å². The van der Waals surface area contributed by atoms with Crippen molar-refractivity contribution in [2.75, 3.05) is 0 Å². The number of hydrogen-bond acceptors (Lipinski definition) is 7.